The highest BCUT2D eigenvalue weighted by Crippen LogP contribution is 2.43. The van der Waals surface area contributed by atoms with E-state index in [-0.39, 0.29) is 5.92 Å². The topological polar surface area (TPSA) is 87.6 Å². The lowest BCUT2D eigenvalue weighted by molar-refractivity contribution is 0.295. The molecule has 38 heavy (non-hydrogen) atoms. The third kappa shape index (κ3) is 8.00. The van der Waals surface area contributed by atoms with Crippen LogP contribution in [0.15, 0.2) is 38.3 Å². The Bertz CT molecular complexity index is 1110. The number of rotatable bonds is 11. The van der Waals surface area contributed by atoms with Gasteiger partial charge in [-0.05, 0) is 89.7 Å². The van der Waals surface area contributed by atoms with Gasteiger partial charge in [-0.3, -0.25) is 4.99 Å². The number of amidine groups is 1. The van der Waals surface area contributed by atoms with Gasteiger partial charge >= 0.3 is 0 Å². The van der Waals surface area contributed by atoms with Gasteiger partial charge in [-0.15, -0.1) is 24.2 Å². The fourth-order valence-corrected chi connectivity index (χ4v) is 6.76. The molecule has 1 aromatic rings. The van der Waals surface area contributed by atoms with Crippen LogP contribution in [-0.4, -0.2) is 56.4 Å². The lowest BCUT2D eigenvalue weighted by Gasteiger charge is -2.27. The SMILES string of the molecule is C#C.C=NC(/C=C(/CCC1CCCN1C)NCC(=N)/C(CCC)=C(\C)C1CCCc2scc(C#N)c21)=NC. The zero-order chi connectivity index (χ0) is 28.1. The summed E-state index contributed by atoms with van der Waals surface area (Å²) in [6.07, 6.45) is 19.6. The number of nitriles is 1. The second kappa shape index (κ2) is 16.1. The van der Waals surface area contributed by atoms with Crippen molar-refractivity contribution in [3.8, 4) is 18.9 Å². The Morgan fingerprint density at radius 2 is 2.11 bits per heavy atom. The zero-order valence-corrected chi connectivity index (χ0v) is 24.5. The van der Waals surface area contributed by atoms with Crippen molar-refractivity contribution in [3.63, 3.8) is 0 Å². The minimum Gasteiger partial charge on any atom is -0.383 e. The van der Waals surface area contributed by atoms with Crippen molar-refractivity contribution < 1.29 is 0 Å². The Morgan fingerprint density at radius 1 is 1.34 bits per heavy atom. The van der Waals surface area contributed by atoms with Crippen LogP contribution in [0.3, 0.4) is 0 Å². The van der Waals surface area contributed by atoms with Crippen LogP contribution in [0.4, 0.5) is 0 Å². The minimum absolute atomic E-state index is 0.244. The second-order valence-electron chi connectivity index (χ2n) is 10.0. The van der Waals surface area contributed by atoms with Crippen LogP contribution < -0.4 is 5.32 Å². The number of fused-ring (bicyclic) bond motifs is 1. The van der Waals surface area contributed by atoms with Crippen molar-refractivity contribution >= 4 is 29.6 Å². The number of nitrogens with one attached hydrogen (secondary N) is 2. The van der Waals surface area contributed by atoms with Crippen molar-refractivity contribution in [1.29, 1.82) is 10.7 Å². The molecule has 0 radical (unpaired) electrons. The van der Waals surface area contributed by atoms with Gasteiger partial charge in [-0.25, -0.2) is 4.99 Å². The summed E-state index contributed by atoms with van der Waals surface area (Å²) < 4.78 is 0. The van der Waals surface area contributed by atoms with Crippen LogP contribution >= 0.6 is 11.3 Å². The van der Waals surface area contributed by atoms with Crippen LogP contribution in [0.5, 0.6) is 0 Å². The highest BCUT2D eigenvalue weighted by atomic mass is 32.1. The van der Waals surface area contributed by atoms with E-state index in [4.69, 9.17) is 5.41 Å². The molecule has 7 heteroatoms. The number of aryl methyl sites for hydroxylation is 1. The highest BCUT2D eigenvalue weighted by molar-refractivity contribution is 7.10. The van der Waals surface area contributed by atoms with Crippen LogP contribution in [0.1, 0.15) is 87.1 Å². The molecule has 3 rings (SSSR count). The number of terminal acetylenes is 1. The van der Waals surface area contributed by atoms with Gasteiger partial charge in [0.05, 0.1) is 17.8 Å². The molecule has 2 aliphatic rings. The summed E-state index contributed by atoms with van der Waals surface area (Å²) in [7, 11) is 3.94. The molecule has 0 bridgehead atoms. The molecule has 0 spiro atoms. The summed E-state index contributed by atoms with van der Waals surface area (Å²) in [6.45, 7) is 9.66. The molecule has 6 nitrogen and oxygen atoms in total. The lowest BCUT2D eigenvalue weighted by Crippen LogP contribution is -2.28. The first kappa shape index (κ1) is 31.2. The Morgan fingerprint density at radius 3 is 2.71 bits per heavy atom. The second-order valence-corrected chi connectivity index (χ2v) is 11.0. The molecular formula is C31H44N6S. The highest BCUT2D eigenvalue weighted by Gasteiger charge is 2.28. The molecule has 1 aromatic heterocycles. The van der Waals surface area contributed by atoms with Crippen molar-refractivity contribution in [3.05, 3.63) is 44.3 Å². The summed E-state index contributed by atoms with van der Waals surface area (Å²) in [4.78, 5) is 12.1. The maximum atomic E-state index is 9.69. The number of hydrogen-bond acceptors (Lipinski definition) is 6. The molecule has 204 valence electrons. The molecule has 1 aliphatic heterocycles. The summed E-state index contributed by atoms with van der Waals surface area (Å²) >= 11 is 1.72. The van der Waals surface area contributed by atoms with Gasteiger partial charge in [-0.2, -0.15) is 5.26 Å². The van der Waals surface area contributed by atoms with E-state index in [1.807, 2.05) is 11.5 Å². The van der Waals surface area contributed by atoms with Gasteiger partial charge in [0.2, 0.25) is 0 Å². The average molecular weight is 533 g/mol. The van der Waals surface area contributed by atoms with Gasteiger partial charge in [0.15, 0.2) is 0 Å². The Kier molecular flexibility index (Phi) is 13.2. The molecule has 1 saturated heterocycles. The van der Waals surface area contributed by atoms with Gasteiger partial charge in [-0.1, -0.05) is 18.9 Å². The molecule has 1 aliphatic carbocycles. The number of aliphatic imine (C=N–C) groups is 2. The zero-order valence-electron chi connectivity index (χ0n) is 23.6. The number of nitrogens with zero attached hydrogens (tertiary/aromatic N) is 4. The lowest BCUT2D eigenvalue weighted by atomic mass is 9.78. The largest absolute Gasteiger partial charge is 0.383 e. The number of likely N-dealkylation sites (tertiary alicyclic amines) is 1. The van der Waals surface area contributed by atoms with E-state index in [1.165, 1.54) is 35.4 Å². The molecule has 2 atom stereocenters. The third-order valence-electron chi connectivity index (χ3n) is 7.74. The van der Waals surface area contributed by atoms with E-state index in [0.29, 0.717) is 24.1 Å². The molecule has 0 saturated carbocycles. The monoisotopic (exact) mass is 532 g/mol. The molecule has 0 aromatic carbocycles. The van der Waals surface area contributed by atoms with E-state index < -0.39 is 0 Å². The van der Waals surface area contributed by atoms with E-state index >= 15 is 0 Å². The quantitative estimate of drug-likeness (QED) is 0.194. The van der Waals surface area contributed by atoms with Crippen molar-refractivity contribution in [2.45, 2.75) is 83.6 Å². The normalized spacial score (nSPS) is 20.4. The molecular weight excluding hydrogens is 488 g/mol. The van der Waals surface area contributed by atoms with Gasteiger partial charge in [0, 0.05) is 41.0 Å². The van der Waals surface area contributed by atoms with Gasteiger partial charge in [0.25, 0.3) is 0 Å². The molecule has 1 fully saturated rings. The first-order chi connectivity index (χ1) is 18.4. The predicted molar refractivity (Wildman–Crippen MR) is 164 cm³/mol. The van der Waals surface area contributed by atoms with Crippen LogP contribution in [0.25, 0.3) is 0 Å². The molecule has 2 unspecified atom stereocenters. The molecule has 2 N–H and O–H groups in total. The minimum atomic E-state index is 0.244. The van der Waals surface area contributed by atoms with Crippen molar-refractivity contribution in [2.75, 3.05) is 27.2 Å². The third-order valence-corrected chi connectivity index (χ3v) is 8.81. The Labute approximate surface area is 234 Å². The number of hydrogen-bond donors (Lipinski definition) is 2. The maximum absolute atomic E-state index is 9.69. The van der Waals surface area contributed by atoms with E-state index in [2.05, 4.69) is 66.7 Å². The fraction of sp³-hybridized carbons (Fsp3) is 0.548. The summed E-state index contributed by atoms with van der Waals surface area (Å²) in [6, 6.07) is 3.02. The van der Waals surface area contributed by atoms with Crippen LogP contribution in [0.2, 0.25) is 0 Å². The van der Waals surface area contributed by atoms with Crippen molar-refractivity contribution in [2.24, 2.45) is 9.98 Å². The van der Waals surface area contributed by atoms with Gasteiger partial charge in [0.1, 0.15) is 11.9 Å². The van der Waals surface area contributed by atoms with E-state index in [9.17, 15) is 5.26 Å². The Balaban J connectivity index is 0.00000247. The average Bonchev–Trinajstić information content (AvgIpc) is 3.57. The molecule has 2 heterocycles. The first-order valence-electron chi connectivity index (χ1n) is 13.6. The van der Waals surface area contributed by atoms with Crippen LogP contribution in [0, 0.1) is 29.6 Å². The van der Waals surface area contributed by atoms with Gasteiger partial charge < -0.3 is 15.6 Å². The van der Waals surface area contributed by atoms with E-state index in [0.717, 1.165) is 61.8 Å². The smallest absolute Gasteiger partial charge is 0.147 e. The first-order valence-corrected chi connectivity index (χ1v) is 14.5. The number of allylic oxidation sites excluding steroid dienone is 2. The van der Waals surface area contributed by atoms with E-state index in [1.54, 1.807) is 18.4 Å². The summed E-state index contributed by atoms with van der Waals surface area (Å²) in [5.41, 5.74) is 6.15. The summed E-state index contributed by atoms with van der Waals surface area (Å²) in [5.74, 6) is 0.855. The predicted octanol–water partition coefficient (Wildman–Crippen LogP) is 6.50. The molecule has 0 amide bonds. The maximum Gasteiger partial charge on any atom is 0.147 e. The standard InChI is InChI=1S/C29H42N6S.C2H2/c1-6-9-24(20(2)25-11-7-12-27-29(25)21(17-30)19-36-27)26(31)18-34-22(16-28(32-3)33-4)13-14-23-10-8-15-35(23)5;1-2/h16,19,23,25,31,34H,3,6-15,18H2,1-2,4-5H3;1-2H/b22-16-,24-20+,31-26?,33-28?;. The summed E-state index contributed by atoms with van der Waals surface area (Å²) in [5, 5.41) is 24.3. The fourth-order valence-electron chi connectivity index (χ4n) is 5.68. The van der Waals surface area contributed by atoms with Crippen molar-refractivity contribution in [1.82, 2.24) is 10.2 Å². The van der Waals surface area contributed by atoms with Crippen LogP contribution in [-0.2, 0) is 6.42 Å². The Hall–Kier alpha value is -3.00. The number of thiophene rings is 1.